The van der Waals surface area contributed by atoms with Crippen molar-refractivity contribution in [3.8, 4) is 18.5 Å². The summed E-state index contributed by atoms with van der Waals surface area (Å²) in [6.07, 6.45) is 7.80. The van der Waals surface area contributed by atoms with E-state index in [4.69, 9.17) is 23.3 Å². The highest BCUT2D eigenvalue weighted by Crippen LogP contribution is 2.43. The minimum atomic E-state index is -0.900. The number of hydrogen-bond donors (Lipinski definition) is 1. The van der Waals surface area contributed by atoms with Crippen LogP contribution in [0, 0.1) is 23.8 Å². The summed E-state index contributed by atoms with van der Waals surface area (Å²) in [6, 6.07) is 15.1. The maximum atomic E-state index is 8.96. The number of rotatable bonds is 1. The molecule has 2 aromatic carbocycles. The predicted octanol–water partition coefficient (Wildman–Crippen LogP) is 3.41. The molecule has 1 aliphatic heterocycles. The molecule has 3 rings (SSSR count). The summed E-state index contributed by atoms with van der Waals surface area (Å²) in [5.41, 5.74) is 1.63. The Kier molecular flexibility index (Phi) is 3.70. The maximum absolute atomic E-state index is 8.96. The number of nitrogens with one attached hydrogen (secondary N) is 1. The first kappa shape index (κ1) is 15.0. The van der Waals surface area contributed by atoms with Crippen molar-refractivity contribution in [3.63, 3.8) is 0 Å². The Balaban J connectivity index is 2.37. The highest BCUT2D eigenvalue weighted by Gasteiger charge is 2.44. The van der Waals surface area contributed by atoms with E-state index in [0.717, 1.165) is 16.8 Å². The zero-order valence-electron chi connectivity index (χ0n) is 12.4. The largest absolute Gasteiger partial charge is 0.325 e. The Hall–Kier alpha value is -2.95. The molecule has 4 nitrogen and oxygen atoms in total. The lowest BCUT2D eigenvalue weighted by Gasteiger charge is -2.44. The molecule has 0 spiro atoms. The van der Waals surface area contributed by atoms with Crippen LogP contribution in [0.1, 0.15) is 11.1 Å². The molecule has 1 aliphatic rings. The Bertz CT molecular complexity index is 861. The van der Waals surface area contributed by atoms with E-state index in [0.29, 0.717) is 11.0 Å². The average molecular weight is 321 g/mol. The summed E-state index contributed by atoms with van der Waals surface area (Å²) in [5, 5.41) is 12.7. The van der Waals surface area contributed by atoms with Gasteiger partial charge < -0.3 is 10.2 Å². The SMILES string of the molecule is C#CC1(c2ccccc2)c2cc(Cl)ccc2NC(=NC#N)N1C. The molecule has 1 unspecified atom stereocenters. The molecule has 5 heteroatoms. The van der Waals surface area contributed by atoms with Gasteiger partial charge in [0.25, 0.3) is 0 Å². The standard InChI is InChI=1S/C18H13ClN4/c1-3-18(13-7-5-4-6-8-13)15-11-14(19)9-10-16(15)22-17(21-12-20)23(18)2/h1,4-11H,2H3,(H,21,22). The number of anilines is 1. The number of halogens is 1. The van der Waals surface area contributed by atoms with Gasteiger partial charge in [0.1, 0.15) is 0 Å². The van der Waals surface area contributed by atoms with E-state index in [-0.39, 0.29) is 0 Å². The normalized spacial score (nSPS) is 21.0. The quantitative estimate of drug-likeness (QED) is 0.647. The van der Waals surface area contributed by atoms with Crippen molar-refractivity contribution < 1.29 is 0 Å². The van der Waals surface area contributed by atoms with E-state index in [1.165, 1.54) is 0 Å². The van der Waals surface area contributed by atoms with E-state index in [1.54, 1.807) is 18.0 Å². The zero-order chi connectivity index (χ0) is 16.4. The lowest BCUT2D eigenvalue weighted by Crippen LogP contribution is -2.53. The van der Waals surface area contributed by atoms with Crippen LogP contribution in [0.4, 0.5) is 5.69 Å². The third kappa shape index (κ3) is 2.21. The second-order valence-electron chi connectivity index (χ2n) is 5.13. The first-order chi connectivity index (χ1) is 11.1. The fourth-order valence-corrected chi connectivity index (χ4v) is 3.08. The van der Waals surface area contributed by atoms with Crippen LogP contribution in [-0.2, 0) is 5.54 Å². The van der Waals surface area contributed by atoms with E-state index in [9.17, 15) is 0 Å². The lowest BCUT2D eigenvalue weighted by molar-refractivity contribution is 0.335. The average Bonchev–Trinajstić information content (AvgIpc) is 2.58. The monoisotopic (exact) mass is 320 g/mol. The van der Waals surface area contributed by atoms with Crippen LogP contribution in [-0.4, -0.2) is 17.9 Å². The van der Waals surface area contributed by atoms with Crippen LogP contribution < -0.4 is 5.32 Å². The van der Waals surface area contributed by atoms with Crippen molar-refractivity contribution >= 4 is 23.2 Å². The summed E-state index contributed by atoms with van der Waals surface area (Å²) in [4.78, 5) is 5.65. The number of fused-ring (bicyclic) bond motifs is 1. The third-order valence-corrected chi connectivity index (χ3v) is 4.23. The zero-order valence-corrected chi connectivity index (χ0v) is 13.2. The molecule has 1 heterocycles. The van der Waals surface area contributed by atoms with Gasteiger partial charge in [0, 0.05) is 23.3 Å². The Labute approximate surface area is 140 Å². The Morgan fingerprint density at radius 1 is 1.26 bits per heavy atom. The minimum Gasteiger partial charge on any atom is -0.325 e. The van der Waals surface area contributed by atoms with Gasteiger partial charge in [-0.05, 0) is 23.8 Å². The van der Waals surface area contributed by atoms with E-state index in [2.05, 4.69) is 16.2 Å². The Morgan fingerprint density at radius 3 is 2.65 bits per heavy atom. The van der Waals surface area contributed by atoms with Gasteiger partial charge in [0.2, 0.25) is 12.2 Å². The van der Waals surface area contributed by atoms with Crippen molar-refractivity contribution in [3.05, 3.63) is 64.7 Å². The highest BCUT2D eigenvalue weighted by molar-refractivity contribution is 6.30. The van der Waals surface area contributed by atoms with Crippen molar-refractivity contribution in [2.24, 2.45) is 4.99 Å². The molecule has 0 saturated carbocycles. The second-order valence-corrected chi connectivity index (χ2v) is 5.57. The molecule has 23 heavy (non-hydrogen) atoms. The number of nitriles is 1. The van der Waals surface area contributed by atoms with Gasteiger partial charge in [-0.2, -0.15) is 5.26 Å². The molecule has 0 amide bonds. The van der Waals surface area contributed by atoms with Crippen molar-refractivity contribution in [1.29, 1.82) is 5.26 Å². The van der Waals surface area contributed by atoms with E-state index in [1.807, 2.05) is 48.7 Å². The molecule has 0 saturated heterocycles. The van der Waals surface area contributed by atoms with Crippen molar-refractivity contribution in [1.82, 2.24) is 4.90 Å². The number of aliphatic imine (C=N–C) groups is 1. The summed E-state index contributed by atoms with van der Waals surface area (Å²) in [5.74, 6) is 3.29. The van der Waals surface area contributed by atoms with Crippen LogP contribution in [0.3, 0.4) is 0 Å². The van der Waals surface area contributed by atoms with Crippen LogP contribution in [0.5, 0.6) is 0 Å². The van der Waals surface area contributed by atoms with Crippen LogP contribution >= 0.6 is 11.6 Å². The molecule has 0 radical (unpaired) electrons. The summed E-state index contributed by atoms with van der Waals surface area (Å²) in [7, 11) is 1.81. The smallest absolute Gasteiger partial charge is 0.215 e. The van der Waals surface area contributed by atoms with E-state index >= 15 is 0 Å². The number of hydrogen-bond acceptors (Lipinski definition) is 2. The molecule has 0 aromatic heterocycles. The van der Waals surface area contributed by atoms with Gasteiger partial charge in [-0.25, -0.2) is 0 Å². The van der Waals surface area contributed by atoms with Crippen LogP contribution in [0.2, 0.25) is 5.02 Å². The Morgan fingerprint density at radius 2 is 2.00 bits per heavy atom. The van der Waals surface area contributed by atoms with Gasteiger partial charge in [0.05, 0.1) is 0 Å². The fraction of sp³-hybridized carbons (Fsp3) is 0.111. The number of terminal acetylenes is 1. The molecule has 0 bridgehead atoms. The van der Waals surface area contributed by atoms with Gasteiger partial charge in [-0.3, -0.25) is 0 Å². The number of guanidine groups is 1. The molecule has 1 N–H and O–H groups in total. The summed E-state index contributed by atoms with van der Waals surface area (Å²) in [6.45, 7) is 0. The van der Waals surface area contributed by atoms with Gasteiger partial charge in [-0.15, -0.1) is 11.4 Å². The fourth-order valence-electron chi connectivity index (χ4n) is 2.91. The number of benzene rings is 2. The first-order valence-electron chi connectivity index (χ1n) is 6.94. The molecule has 0 fully saturated rings. The van der Waals surface area contributed by atoms with Crippen molar-refractivity contribution in [2.45, 2.75) is 5.54 Å². The van der Waals surface area contributed by atoms with Crippen LogP contribution in [0.15, 0.2) is 53.5 Å². The third-order valence-electron chi connectivity index (χ3n) is 4.00. The molecule has 112 valence electrons. The lowest BCUT2D eigenvalue weighted by atomic mass is 9.80. The van der Waals surface area contributed by atoms with Gasteiger partial charge in [0.15, 0.2) is 5.54 Å². The predicted molar refractivity (Wildman–Crippen MR) is 91.9 cm³/mol. The van der Waals surface area contributed by atoms with Crippen LogP contribution in [0.25, 0.3) is 0 Å². The van der Waals surface area contributed by atoms with Crippen molar-refractivity contribution in [2.75, 3.05) is 12.4 Å². The maximum Gasteiger partial charge on any atom is 0.215 e. The summed E-state index contributed by atoms with van der Waals surface area (Å²) >= 11 is 6.20. The van der Waals surface area contributed by atoms with E-state index < -0.39 is 5.54 Å². The first-order valence-corrected chi connectivity index (χ1v) is 7.32. The molecular weight excluding hydrogens is 308 g/mol. The molecule has 0 aliphatic carbocycles. The molecule has 2 aromatic rings. The second kappa shape index (κ2) is 5.68. The molecular formula is C18H13ClN4. The molecule has 1 atom stereocenters. The minimum absolute atomic E-state index is 0.393. The highest BCUT2D eigenvalue weighted by atomic mass is 35.5. The van der Waals surface area contributed by atoms with Gasteiger partial charge in [-0.1, -0.05) is 47.9 Å². The summed E-state index contributed by atoms with van der Waals surface area (Å²) < 4.78 is 0. The number of nitrogens with zero attached hydrogens (tertiary/aromatic N) is 3. The van der Waals surface area contributed by atoms with Gasteiger partial charge >= 0.3 is 0 Å². The topological polar surface area (TPSA) is 51.4 Å².